The second-order valence-electron chi connectivity index (χ2n) is 5.13. The highest BCUT2D eigenvalue weighted by atomic mass is 16.6. The molecule has 3 rings (SSSR count). The predicted octanol–water partition coefficient (Wildman–Crippen LogP) is 1.58. The Morgan fingerprint density at radius 1 is 1.40 bits per heavy atom. The highest BCUT2D eigenvalue weighted by molar-refractivity contribution is 5.84. The molecule has 2 aliphatic rings. The van der Waals surface area contributed by atoms with Crippen LogP contribution in [0.2, 0.25) is 0 Å². The molecule has 1 fully saturated rings. The fraction of sp³-hybridized carbons (Fsp3) is 0.467. The molecule has 0 saturated carbocycles. The lowest BCUT2D eigenvalue weighted by Crippen LogP contribution is -2.55. The Bertz CT molecular complexity index is 544. The number of rotatable bonds is 1. The SMILES string of the molecule is CCOC(=O)N1CC(=O)N2CCc3ccccc3C2C1. The predicted molar refractivity (Wildman–Crippen MR) is 73.2 cm³/mol. The lowest BCUT2D eigenvalue weighted by atomic mass is 9.91. The third-order valence-electron chi connectivity index (χ3n) is 3.98. The van der Waals surface area contributed by atoms with Crippen LogP contribution in [0.4, 0.5) is 4.79 Å². The molecular weight excluding hydrogens is 256 g/mol. The monoisotopic (exact) mass is 274 g/mol. The second-order valence-corrected chi connectivity index (χ2v) is 5.13. The maximum atomic E-state index is 12.2. The van der Waals surface area contributed by atoms with Crippen molar-refractivity contribution in [1.29, 1.82) is 0 Å². The Morgan fingerprint density at radius 3 is 3.00 bits per heavy atom. The smallest absolute Gasteiger partial charge is 0.410 e. The van der Waals surface area contributed by atoms with Gasteiger partial charge in [-0.2, -0.15) is 0 Å². The van der Waals surface area contributed by atoms with Gasteiger partial charge < -0.3 is 9.64 Å². The van der Waals surface area contributed by atoms with Crippen LogP contribution in [-0.4, -0.2) is 48.0 Å². The quantitative estimate of drug-likeness (QED) is 0.781. The van der Waals surface area contributed by atoms with Crippen molar-refractivity contribution < 1.29 is 14.3 Å². The van der Waals surface area contributed by atoms with Crippen molar-refractivity contribution in [2.45, 2.75) is 19.4 Å². The summed E-state index contributed by atoms with van der Waals surface area (Å²) in [6.45, 7) is 3.47. The van der Waals surface area contributed by atoms with Crippen molar-refractivity contribution >= 4 is 12.0 Å². The number of carbonyl (C=O) groups excluding carboxylic acids is 2. The maximum absolute atomic E-state index is 12.2. The highest BCUT2D eigenvalue weighted by Crippen LogP contribution is 2.33. The molecular formula is C15H18N2O3. The first kappa shape index (κ1) is 13.0. The fourth-order valence-electron chi connectivity index (χ4n) is 3.03. The number of piperazine rings is 1. The van der Waals surface area contributed by atoms with Gasteiger partial charge in [-0.25, -0.2) is 4.79 Å². The van der Waals surface area contributed by atoms with Crippen molar-refractivity contribution in [3.63, 3.8) is 0 Å². The van der Waals surface area contributed by atoms with E-state index in [9.17, 15) is 9.59 Å². The molecule has 1 aromatic rings. The van der Waals surface area contributed by atoms with Crippen LogP contribution in [0, 0.1) is 0 Å². The van der Waals surface area contributed by atoms with Crippen LogP contribution in [0.3, 0.4) is 0 Å². The van der Waals surface area contributed by atoms with Crippen LogP contribution < -0.4 is 0 Å². The fourth-order valence-corrected chi connectivity index (χ4v) is 3.03. The Hall–Kier alpha value is -2.04. The van der Waals surface area contributed by atoms with Gasteiger partial charge in [-0.3, -0.25) is 9.69 Å². The van der Waals surface area contributed by atoms with Gasteiger partial charge in [-0.05, 0) is 24.5 Å². The Kier molecular flexibility index (Phi) is 3.34. The molecule has 20 heavy (non-hydrogen) atoms. The molecule has 2 amide bonds. The van der Waals surface area contributed by atoms with E-state index in [0.717, 1.165) is 18.5 Å². The van der Waals surface area contributed by atoms with Crippen LogP contribution >= 0.6 is 0 Å². The van der Waals surface area contributed by atoms with Gasteiger partial charge in [0.25, 0.3) is 0 Å². The van der Waals surface area contributed by atoms with Gasteiger partial charge in [0.05, 0.1) is 12.6 Å². The van der Waals surface area contributed by atoms with Gasteiger partial charge in [0.15, 0.2) is 0 Å². The summed E-state index contributed by atoms with van der Waals surface area (Å²) >= 11 is 0. The number of fused-ring (bicyclic) bond motifs is 3. The van der Waals surface area contributed by atoms with Gasteiger partial charge in [-0.1, -0.05) is 24.3 Å². The largest absolute Gasteiger partial charge is 0.450 e. The summed E-state index contributed by atoms with van der Waals surface area (Å²) in [7, 11) is 0. The number of ether oxygens (including phenoxy) is 1. The third-order valence-corrected chi connectivity index (χ3v) is 3.98. The van der Waals surface area contributed by atoms with Gasteiger partial charge in [0.1, 0.15) is 6.54 Å². The number of nitrogens with zero attached hydrogens (tertiary/aromatic N) is 2. The number of hydrogen-bond donors (Lipinski definition) is 0. The molecule has 1 unspecified atom stereocenters. The first-order valence-corrected chi connectivity index (χ1v) is 6.99. The van der Waals surface area contributed by atoms with Crippen molar-refractivity contribution in [3.05, 3.63) is 35.4 Å². The highest BCUT2D eigenvalue weighted by Gasteiger charge is 2.38. The van der Waals surface area contributed by atoms with Gasteiger partial charge in [0.2, 0.25) is 5.91 Å². The molecule has 1 aromatic carbocycles. The standard InChI is InChI=1S/C15H18N2O3/c1-2-20-15(19)16-9-13-12-6-4-3-5-11(12)7-8-17(13)14(18)10-16/h3-6,13H,2,7-10H2,1H3. The van der Waals surface area contributed by atoms with E-state index in [1.165, 1.54) is 10.5 Å². The molecule has 0 N–H and O–H groups in total. The zero-order valence-electron chi connectivity index (χ0n) is 11.5. The van der Waals surface area contributed by atoms with Crippen molar-refractivity contribution in [2.75, 3.05) is 26.2 Å². The molecule has 0 aromatic heterocycles. The minimum Gasteiger partial charge on any atom is -0.450 e. The van der Waals surface area contributed by atoms with E-state index in [1.807, 2.05) is 23.1 Å². The molecule has 5 nitrogen and oxygen atoms in total. The molecule has 2 heterocycles. The topological polar surface area (TPSA) is 49.9 Å². The molecule has 0 bridgehead atoms. The first-order chi connectivity index (χ1) is 9.70. The van der Waals surface area contributed by atoms with E-state index in [0.29, 0.717) is 13.2 Å². The Balaban J connectivity index is 1.88. The molecule has 2 aliphatic heterocycles. The summed E-state index contributed by atoms with van der Waals surface area (Å²) in [5.41, 5.74) is 2.42. The van der Waals surface area contributed by atoms with Gasteiger partial charge >= 0.3 is 6.09 Å². The maximum Gasteiger partial charge on any atom is 0.410 e. The van der Waals surface area contributed by atoms with E-state index in [-0.39, 0.29) is 18.5 Å². The van der Waals surface area contributed by atoms with E-state index in [2.05, 4.69) is 6.07 Å². The lowest BCUT2D eigenvalue weighted by molar-refractivity contribution is -0.139. The molecule has 1 atom stereocenters. The van der Waals surface area contributed by atoms with Crippen molar-refractivity contribution in [2.24, 2.45) is 0 Å². The zero-order valence-corrected chi connectivity index (χ0v) is 11.5. The van der Waals surface area contributed by atoms with Crippen LogP contribution in [0.1, 0.15) is 24.1 Å². The van der Waals surface area contributed by atoms with Crippen LogP contribution in [0.25, 0.3) is 0 Å². The zero-order chi connectivity index (χ0) is 14.1. The average Bonchev–Trinajstić information content (AvgIpc) is 2.47. The summed E-state index contributed by atoms with van der Waals surface area (Å²) in [6.07, 6.45) is 0.487. The van der Waals surface area contributed by atoms with Gasteiger partial charge in [-0.15, -0.1) is 0 Å². The summed E-state index contributed by atoms with van der Waals surface area (Å²) < 4.78 is 5.01. The van der Waals surface area contributed by atoms with E-state index in [4.69, 9.17) is 4.74 Å². The second kappa shape index (κ2) is 5.15. The number of benzene rings is 1. The van der Waals surface area contributed by atoms with Crippen LogP contribution in [-0.2, 0) is 16.0 Å². The molecule has 0 radical (unpaired) electrons. The molecule has 0 aliphatic carbocycles. The number of carbonyl (C=O) groups is 2. The molecule has 5 heteroatoms. The molecule has 1 saturated heterocycles. The minimum atomic E-state index is -0.399. The summed E-state index contributed by atoms with van der Waals surface area (Å²) in [5, 5.41) is 0. The molecule has 0 spiro atoms. The lowest BCUT2D eigenvalue weighted by Gasteiger charge is -2.44. The summed E-state index contributed by atoms with van der Waals surface area (Å²) in [5.74, 6) is 0.00352. The minimum absolute atomic E-state index is 0.00352. The Morgan fingerprint density at radius 2 is 2.20 bits per heavy atom. The van der Waals surface area contributed by atoms with Crippen LogP contribution in [0.5, 0.6) is 0 Å². The number of amides is 2. The van der Waals surface area contributed by atoms with E-state index < -0.39 is 6.09 Å². The van der Waals surface area contributed by atoms with Crippen molar-refractivity contribution in [1.82, 2.24) is 9.80 Å². The van der Waals surface area contributed by atoms with Crippen LogP contribution in [0.15, 0.2) is 24.3 Å². The summed E-state index contributed by atoms with van der Waals surface area (Å²) in [4.78, 5) is 27.5. The van der Waals surface area contributed by atoms with E-state index >= 15 is 0 Å². The summed E-state index contributed by atoms with van der Waals surface area (Å²) in [6, 6.07) is 8.11. The number of hydrogen-bond acceptors (Lipinski definition) is 3. The van der Waals surface area contributed by atoms with Crippen molar-refractivity contribution in [3.8, 4) is 0 Å². The van der Waals surface area contributed by atoms with E-state index in [1.54, 1.807) is 6.92 Å². The average molecular weight is 274 g/mol. The normalized spacial score (nSPS) is 21.2. The Labute approximate surface area is 118 Å². The third kappa shape index (κ3) is 2.13. The molecule has 106 valence electrons. The first-order valence-electron chi connectivity index (χ1n) is 6.99. The van der Waals surface area contributed by atoms with Gasteiger partial charge in [0, 0.05) is 13.1 Å².